The van der Waals surface area contributed by atoms with E-state index < -0.39 is 6.04 Å². The summed E-state index contributed by atoms with van der Waals surface area (Å²) < 4.78 is 0. The molecule has 0 aliphatic rings. The Balaban J connectivity index is 2.12. The van der Waals surface area contributed by atoms with Crippen LogP contribution in [0.25, 0.3) is 0 Å². The van der Waals surface area contributed by atoms with E-state index in [0.29, 0.717) is 35.2 Å². The Hall–Kier alpha value is -1.69. The first-order valence-corrected chi connectivity index (χ1v) is 12.3. The molecule has 0 saturated heterocycles. The van der Waals surface area contributed by atoms with Crippen molar-refractivity contribution in [1.82, 2.24) is 10.2 Å². The highest BCUT2D eigenvalue weighted by atomic mass is 35.5. The van der Waals surface area contributed by atoms with Crippen LogP contribution >= 0.6 is 35.0 Å². The molecule has 0 aromatic heterocycles. The SMILES string of the molecule is CC[C@@H](C)NC(=O)[C@H](CC)N(Cc1ccc(Cl)cc1)C(=O)CCSc1ccc(Cl)cc1. The summed E-state index contributed by atoms with van der Waals surface area (Å²) in [5.74, 6) is 0.480. The van der Waals surface area contributed by atoms with Gasteiger partial charge in [-0.2, -0.15) is 0 Å². The zero-order chi connectivity index (χ0) is 22.8. The molecule has 0 radical (unpaired) electrons. The Labute approximate surface area is 199 Å². The Morgan fingerprint density at radius 2 is 1.55 bits per heavy atom. The van der Waals surface area contributed by atoms with Crippen molar-refractivity contribution in [3.8, 4) is 0 Å². The molecule has 0 heterocycles. The molecule has 0 aliphatic carbocycles. The number of benzene rings is 2. The summed E-state index contributed by atoms with van der Waals surface area (Å²) in [4.78, 5) is 28.9. The van der Waals surface area contributed by atoms with Gasteiger partial charge in [-0.05, 0) is 61.7 Å². The molecule has 2 rings (SSSR count). The van der Waals surface area contributed by atoms with Gasteiger partial charge in [0.25, 0.3) is 0 Å². The van der Waals surface area contributed by atoms with E-state index in [1.807, 2.05) is 57.2 Å². The lowest BCUT2D eigenvalue weighted by atomic mass is 10.1. The summed E-state index contributed by atoms with van der Waals surface area (Å²) in [6.45, 7) is 6.30. The molecule has 168 valence electrons. The van der Waals surface area contributed by atoms with Gasteiger partial charge in [-0.25, -0.2) is 0 Å². The van der Waals surface area contributed by atoms with E-state index in [1.54, 1.807) is 28.8 Å². The minimum Gasteiger partial charge on any atom is -0.352 e. The lowest BCUT2D eigenvalue weighted by Gasteiger charge is -2.31. The second-order valence-corrected chi connectivity index (χ2v) is 9.48. The summed E-state index contributed by atoms with van der Waals surface area (Å²) in [7, 11) is 0. The number of amides is 2. The van der Waals surface area contributed by atoms with Gasteiger partial charge in [0.05, 0.1) is 0 Å². The van der Waals surface area contributed by atoms with Crippen LogP contribution in [0.1, 0.15) is 45.6 Å². The van der Waals surface area contributed by atoms with E-state index in [9.17, 15) is 9.59 Å². The summed E-state index contributed by atoms with van der Waals surface area (Å²) in [5, 5.41) is 4.36. The van der Waals surface area contributed by atoms with Crippen molar-refractivity contribution in [3.63, 3.8) is 0 Å². The molecular formula is C24H30Cl2N2O2S. The fourth-order valence-electron chi connectivity index (χ4n) is 3.08. The van der Waals surface area contributed by atoms with E-state index >= 15 is 0 Å². The molecule has 2 amide bonds. The maximum absolute atomic E-state index is 13.2. The highest BCUT2D eigenvalue weighted by Crippen LogP contribution is 2.22. The number of nitrogens with zero attached hydrogens (tertiary/aromatic N) is 1. The topological polar surface area (TPSA) is 49.4 Å². The Morgan fingerprint density at radius 3 is 2.10 bits per heavy atom. The number of thioether (sulfide) groups is 1. The van der Waals surface area contributed by atoms with Gasteiger partial charge < -0.3 is 10.2 Å². The van der Waals surface area contributed by atoms with Crippen molar-refractivity contribution >= 4 is 46.8 Å². The maximum Gasteiger partial charge on any atom is 0.243 e. The second kappa shape index (κ2) is 13.0. The zero-order valence-corrected chi connectivity index (χ0v) is 20.6. The number of hydrogen-bond acceptors (Lipinski definition) is 3. The fourth-order valence-corrected chi connectivity index (χ4v) is 4.17. The van der Waals surface area contributed by atoms with Gasteiger partial charge in [0, 0.05) is 39.7 Å². The Morgan fingerprint density at radius 1 is 0.968 bits per heavy atom. The van der Waals surface area contributed by atoms with Gasteiger partial charge in [0.1, 0.15) is 6.04 Å². The van der Waals surface area contributed by atoms with Crippen LogP contribution in [0, 0.1) is 0 Å². The molecule has 1 N–H and O–H groups in total. The highest BCUT2D eigenvalue weighted by Gasteiger charge is 2.28. The number of halogens is 2. The summed E-state index contributed by atoms with van der Waals surface area (Å²) in [6, 6.07) is 14.5. The van der Waals surface area contributed by atoms with Crippen LogP contribution in [0.2, 0.25) is 10.0 Å². The molecule has 0 bridgehead atoms. The smallest absolute Gasteiger partial charge is 0.243 e. The maximum atomic E-state index is 13.2. The molecule has 0 aliphatic heterocycles. The van der Waals surface area contributed by atoms with Crippen LogP contribution in [-0.4, -0.2) is 34.6 Å². The lowest BCUT2D eigenvalue weighted by Crippen LogP contribution is -2.50. The summed E-state index contributed by atoms with van der Waals surface area (Å²) >= 11 is 13.5. The quantitative estimate of drug-likeness (QED) is 0.389. The molecule has 31 heavy (non-hydrogen) atoms. The zero-order valence-electron chi connectivity index (χ0n) is 18.2. The minimum absolute atomic E-state index is 0.0393. The van der Waals surface area contributed by atoms with E-state index in [4.69, 9.17) is 23.2 Å². The van der Waals surface area contributed by atoms with Gasteiger partial charge >= 0.3 is 0 Å². The van der Waals surface area contributed by atoms with Crippen molar-refractivity contribution in [2.75, 3.05) is 5.75 Å². The van der Waals surface area contributed by atoms with Crippen molar-refractivity contribution in [2.24, 2.45) is 0 Å². The van der Waals surface area contributed by atoms with E-state index in [1.165, 1.54) is 0 Å². The molecule has 7 heteroatoms. The molecule has 2 aromatic rings. The predicted octanol–water partition coefficient (Wildman–Crippen LogP) is 6.20. The van der Waals surface area contributed by atoms with Crippen molar-refractivity contribution in [1.29, 1.82) is 0 Å². The van der Waals surface area contributed by atoms with Crippen LogP contribution in [0.4, 0.5) is 0 Å². The van der Waals surface area contributed by atoms with E-state index in [2.05, 4.69) is 5.32 Å². The average Bonchev–Trinajstić information content (AvgIpc) is 2.76. The van der Waals surface area contributed by atoms with Gasteiger partial charge in [-0.15, -0.1) is 11.8 Å². The highest BCUT2D eigenvalue weighted by molar-refractivity contribution is 7.99. The van der Waals surface area contributed by atoms with Crippen LogP contribution in [-0.2, 0) is 16.1 Å². The molecule has 0 spiro atoms. The Kier molecular flexibility index (Phi) is 10.7. The summed E-state index contributed by atoms with van der Waals surface area (Å²) in [6.07, 6.45) is 1.73. The molecule has 0 unspecified atom stereocenters. The first-order chi connectivity index (χ1) is 14.8. The molecule has 0 fully saturated rings. The fraction of sp³-hybridized carbons (Fsp3) is 0.417. The minimum atomic E-state index is -0.516. The standard InChI is InChI=1S/C24H30Cl2N2O2S/c1-4-17(3)27-24(30)22(5-2)28(16-18-6-8-19(25)9-7-18)23(29)14-15-31-21-12-10-20(26)11-13-21/h6-13,17,22H,4-5,14-16H2,1-3H3,(H,27,30)/t17-,22+/m1/s1. The number of rotatable bonds is 11. The Bertz CT molecular complexity index is 844. The third-order valence-electron chi connectivity index (χ3n) is 5.05. The number of carbonyl (C=O) groups is 2. The average molecular weight is 481 g/mol. The van der Waals surface area contributed by atoms with Gasteiger partial charge in [0.2, 0.25) is 11.8 Å². The molecule has 0 saturated carbocycles. The third kappa shape index (κ3) is 8.40. The van der Waals surface area contributed by atoms with Gasteiger partial charge in [0.15, 0.2) is 0 Å². The monoisotopic (exact) mass is 480 g/mol. The number of hydrogen-bond donors (Lipinski definition) is 1. The van der Waals surface area contributed by atoms with Crippen LogP contribution in [0.15, 0.2) is 53.4 Å². The molecule has 4 nitrogen and oxygen atoms in total. The normalized spacial score (nSPS) is 12.8. The van der Waals surface area contributed by atoms with Gasteiger partial charge in [-0.1, -0.05) is 49.2 Å². The lowest BCUT2D eigenvalue weighted by molar-refractivity contribution is -0.141. The van der Waals surface area contributed by atoms with Crippen LogP contribution < -0.4 is 5.32 Å². The van der Waals surface area contributed by atoms with Crippen LogP contribution in [0.5, 0.6) is 0 Å². The first-order valence-electron chi connectivity index (χ1n) is 10.6. The molecular weight excluding hydrogens is 451 g/mol. The molecule has 2 atom stereocenters. The molecule has 2 aromatic carbocycles. The van der Waals surface area contributed by atoms with Crippen molar-refractivity contribution in [3.05, 3.63) is 64.1 Å². The number of nitrogens with one attached hydrogen (secondary N) is 1. The largest absolute Gasteiger partial charge is 0.352 e. The van der Waals surface area contributed by atoms with E-state index in [-0.39, 0.29) is 17.9 Å². The predicted molar refractivity (Wildman–Crippen MR) is 131 cm³/mol. The third-order valence-corrected chi connectivity index (χ3v) is 6.57. The number of carbonyl (C=O) groups excluding carboxylic acids is 2. The van der Waals surface area contributed by atoms with E-state index in [0.717, 1.165) is 16.9 Å². The van der Waals surface area contributed by atoms with Gasteiger partial charge in [-0.3, -0.25) is 9.59 Å². The van der Waals surface area contributed by atoms with Crippen LogP contribution in [0.3, 0.4) is 0 Å². The second-order valence-electron chi connectivity index (χ2n) is 7.44. The van der Waals surface area contributed by atoms with Crippen molar-refractivity contribution < 1.29 is 9.59 Å². The summed E-state index contributed by atoms with van der Waals surface area (Å²) in [5.41, 5.74) is 0.942. The first kappa shape index (κ1) is 25.6. The van der Waals surface area contributed by atoms with Crippen molar-refractivity contribution in [2.45, 2.75) is 63.6 Å².